The third-order valence-electron chi connectivity index (χ3n) is 4.55. The molecule has 0 saturated heterocycles. The van der Waals surface area contributed by atoms with Crippen LogP contribution >= 0.6 is 23.1 Å². The summed E-state index contributed by atoms with van der Waals surface area (Å²) in [4.78, 5) is 41.7. The Morgan fingerprint density at radius 3 is 2.76 bits per heavy atom. The van der Waals surface area contributed by atoms with Crippen LogP contribution in [0.25, 0.3) is 0 Å². The second-order valence-electron chi connectivity index (χ2n) is 6.76. The van der Waals surface area contributed by atoms with E-state index in [0.717, 1.165) is 36.3 Å². The Morgan fingerprint density at radius 1 is 1.28 bits per heavy atom. The molecule has 2 N–H and O–H groups in total. The van der Waals surface area contributed by atoms with Crippen LogP contribution in [0.4, 0.5) is 4.79 Å². The van der Waals surface area contributed by atoms with Gasteiger partial charge in [-0.1, -0.05) is 25.0 Å². The highest BCUT2D eigenvalue weighted by molar-refractivity contribution is 7.98. The topological polar surface area (TPSA) is 97.4 Å². The van der Waals surface area contributed by atoms with Gasteiger partial charge in [0.2, 0.25) is 0 Å². The number of thiazole rings is 1. The van der Waals surface area contributed by atoms with Crippen LogP contribution in [0.15, 0.2) is 40.1 Å². The molecule has 2 aromatic rings. The van der Waals surface area contributed by atoms with E-state index in [-0.39, 0.29) is 6.04 Å². The van der Waals surface area contributed by atoms with Gasteiger partial charge in [-0.2, -0.15) is 0 Å². The van der Waals surface area contributed by atoms with Crippen molar-refractivity contribution in [2.24, 2.45) is 0 Å². The van der Waals surface area contributed by atoms with Crippen LogP contribution in [-0.2, 0) is 15.3 Å². The van der Waals surface area contributed by atoms with Gasteiger partial charge in [0.15, 0.2) is 6.10 Å². The Morgan fingerprint density at radius 2 is 2.03 bits per heavy atom. The summed E-state index contributed by atoms with van der Waals surface area (Å²) >= 11 is 2.99. The molecule has 29 heavy (non-hydrogen) atoms. The molecule has 1 atom stereocenters. The molecule has 1 aliphatic rings. The molecule has 0 aliphatic heterocycles. The number of hydrogen-bond acceptors (Lipinski definition) is 7. The normalized spacial score (nSPS) is 14.9. The fourth-order valence-corrected chi connectivity index (χ4v) is 4.61. The van der Waals surface area contributed by atoms with Gasteiger partial charge in [-0.05, 0) is 31.9 Å². The summed E-state index contributed by atoms with van der Waals surface area (Å²) < 4.78 is 5.29. The van der Waals surface area contributed by atoms with Crippen molar-refractivity contribution in [1.82, 2.24) is 15.6 Å². The highest BCUT2D eigenvalue weighted by atomic mass is 32.2. The molecule has 3 rings (SSSR count). The SMILES string of the molecule is CC(OC(=O)c1ccccc1SCc1cscn1)C(=O)NC(=O)NC1CCCC1. The Balaban J connectivity index is 1.53. The molecule has 1 saturated carbocycles. The molecule has 1 fully saturated rings. The lowest BCUT2D eigenvalue weighted by molar-refractivity contribution is -0.127. The molecule has 1 aromatic carbocycles. The van der Waals surface area contributed by atoms with Gasteiger partial charge < -0.3 is 10.1 Å². The van der Waals surface area contributed by atoms with Crippen molar-refractivity contribution in [3.05, 3.63) is 46.4 Å². The Labute approximate surface area is 177 Å². The summed E-state index contributed by atoms with van der Waals surface area (Å²) in [7, 11) is 0. The van der Waals surface area contributed by atoms with Crippen LogP contribution in [0.1, 0.15) is 48.7 Å². The van der Waals surface area contributed by atoms with Gasteiger partial charge in [-0.3, -0.25) is 10.1 Å². The van der Waals surface area contributed by atoms with Crippen LogP contribution in [0.2, 0.25) is 0 Å². The number of ether oxygens (including phenoxy) is 1. The van der Waals surface area contributed by atoms with Crippen molar-refractivity contribution in [3.8, 4) is 0 Å². The summed E-state index contributed by atoms with van der Waals surface area (Å²) in [5.74, 6) is -0.628. The summed E-state index contributed by atoms with van der Waals surface area (Å²) in [5, 5.41) is 6.97. The maximum atomic E-state index is 12.6. The molecule has 1 aliphatic carbocycles. The zero-order valence-electron chi connectivity index (χ0n) is 16.1. The van der Waals surface area contributed by atoms with E-state index in [2.05, 4.69) is 15.6 Å². The second kappa shape index (κ2) is 10.4. The Kier molecular flexibility index (Phi) is 7.65. The maximum absolute atomic E-state index is 12.6. The van der Waals surface area contributed by atoms with E-state index in [0.29, 0.717) is 11.3 Å². The molecule has 1 aromatic heterocycles. The number of urea groups is 1. The first-order valence-electron chi connectivity index (χ1n) is 9.44. The first-order chi connectivity index (χ1) is 14.0. The minimum Gasteiger partial charge on any atom is -0.449 e. The number of imide groups is 1. The van der Waals surface area contributed by atoms with Crippen molar-refractivity contribution in [2.45, 2.75) is 55.4 Å². The van der Waals surface area contributed by atoms with Gasteiger partial charge in [-0.15, -0.1) is 23.1 Å². The largest absolute Gasteiger partial charge is 0.449 e. The molecule has 0 bridgehead atoms. The molecule has 3 amide bonds. The first-order valence-corrected chi connectivity index (χ1v) is 11.4. The highest BCUT2D eigenvalue weighted by Gasteiger charge is 2.24. The van der Waals surface area contributed by atoms with Gasteiger partial charge in [0.25, 0.3) is 5.91 Å². The standard InChI is InChI=1S/C20H23N3O4S2/c1-13(18(24)23-20(26)22-14-6-2-3-7-14)27-19(25)16-8-4-5-9-17(16)29-11-15-10-28-12-21-15/h4-5,8-10,12-14H,2-3,6-7,11H2,1H3,(H2,22,23,24,26). The number of hydrogen-bond donors (Lipinski definition) is 2. The summed E-state index contributed by atoms with van der Waals surface area (Å²) in [6.07, 6.45) is 2.90. The number of esters is 1. The minimum atomic E-state index is -1.09. The number of benzene rings is 1. The minimum absolute atomic E-state index is 0.0993. The molecule has 154 valence electrons. The van der Waals surface area contributed by atoms with Crippen LogP contribution < -0.4 is 10.6 Å². The fraction of sp³-hybridized carbons (Fsp3) is 0.400. The first kappa shape index (κ1) is 21.3. The number of thioether (sulfide) groups is 1. The molecule has 0 radical (unpaired) electrons. The van der Waals surface area contributed by atoms with E-state index in [4.69, 9.17) is 4.74 Å². The molecular formula is C20H23N3O4S2. The Bertz CT molecular complexity index is 851. The van der Waals surface area contributed by atoms with Crippen molar-refractivity contribution in [2.75, 3.05) is 0 Å². The average molecular weight is 434 g/mol. The summed E-state index contributed by atoms with van der Waals surface area (Å²) in [6.45, 7) is 1.45. The van der Waals surface area contributed by atoms with Crippen LogP contribution in [0.3, 0.4) is 0 Å². The third-order valence-corrected chi connectivity index (χ3v) is 6.29. The van der Waals surface area contributed by atoms with Gasteiger partial charge in [0.05, 0.1) is 16.8 Å². The smallest absolute Gasteiger partial charge is 0.340 e. The second-order valence-corrected chi connectivity index (χ2v) is 8.49. The van der Waals surface area contributed by atoms with Crippen molar-refractivity contribution in [3.63, 3.8) is 0 Å². The highest BCUT2D eigenvalue weighted by Crippen LogP contribution is 2.27. The molecule has 1 unspecified atom stereocenters. The van der Waals surface area contributed by atoms with Gasteiger partial charge in [-0.25, -0.2) is 14.6 Å². The van der Waals surface area contributed by atoms with E-state index in [1.54, 1.807) is 17.6 Å². The van der Waals surface area contributed by atoms with E-state index in [1.807, 2.05) is 17.5 Å². The van der Waals surface area contributed by atoms with Gasteiger partial charge in [0, 0.05) is 22.1 Å². The third kappa shape index (κ3) is 6.30. The van der Waals surface area contributed by atoms with Crippen molar-refractivity contribution < 1.29 is 19.1 Å². The Hall–Kier alpha value is -2.39. The van der Waals surface area contributed by atoms with E-state index < -0.39 is 24.0 Å². The summed E-state index contributed by atoms with van der Waals surface area (Å²) in [6, 6.07) is 6.61. The number of carbonyl (C=O) groups excluding carboxylic acids is 3. The number of nitrogens with zero attached hydrogens (tertiary/aromatic N) is 1. The fourth-order valence-electron chi connectivity index (χ4n) is 3.00. The molecular weight excluding hydrogens is 410 g/mol. The predicted molar refractivity (Wildman–Crippen MR) is 112 cm³/mol. The lowest BCUT2D eigenvalue weighted by atomic mass is 10.2. The van der Waals surface area contributed by atoms with E-state index in [9.17, 15) is 14.4 Å². The average Bonchev–Trinajstić information content (AvgIpc) is 3.40. The van der Waals surface area contributed by atoms with Crippen molar-refractivity contribution >= 4 is 41.0 Å². The van der Waals surface area contributed by atoms with Crippen LogP contribution in [-0.4, -0.2) is 35.0 Å². The number of nitrogens with one attached hydrogen (secondary N) is 2. The maximum Gasteiger partial charge on any atom is 0.340 e. The molecule has 9 heteroatoms. The molecule has 1 heterocycles. The zero-order valence-corrected chi connectivity index (χ0v) is 17.7. The van der Waals surface area contributed by atoms with Gasteiger partial charge in [0.1, 0.15) is 0 Å². The number of aromatic nitrogens is 1. The van der Waals surface area contributed by atoms with Crippen LogP contribution in [0.5, 0.6) is 0 Å². The number of carbonyl (C=O) groups is 3. The van der Waals surface area contributed by atoms with Gasteiger partial charge >= 0.3 is 12.0 Å². The molecule has 0 spiro atoms. The number of amides is 3. The predicted octanol–water partition coefficient (Wildman–Crippen LogP) is 3.75. The quantitative estimate of drug-likeness (QED) is 0.510. The van der Waals surface area contributed by atoms with E-state index in [1.165, 1.54) is 30.0 Å². The lowest BCUT2D eigenvalue weighted by Gasteiger charge is -2.16. The van der Waals surface area contributed by atoms with Crippen LogP contribution in [0, 0.1) is 0 Å². The molecule has 7 nitrogen and oxygen atoms in total. The van der Waals surface area contributed by atoms with E-state index >= 15 is 0 Å². The monoisotopic (exact) mass is 433 g/mol. The lowest BCUT2D eigenvalue weighted by Crippen LogP contribution is -2.47. The summed E-state index contributed by atoms with van der Waals surface area (Å²) in [5.41, 5.74) is 3.08. The zero-order chi connectivity index (χ0) is 20.6. The van der Waals surface area contributed by atoms with Crippen molar-refractivity contribution in [1.29, 1.82) is 0 Å². The number of rotatable bonds is 7.